The molecule has 0 saturated heterocycles. The van der Waals surface area contributed by atoms with Gasteiger partial charge in [-0.05, 0) is 0 Å². The van der Waals surface area contributed by atoms with Gasteiger partial charge in [0.25, 0.3) is 0 Å². The molecule has 0 aliphatic heterocycles. The number of hydrogen-bond acceptors (Lipinski definition) is 1. The lowest BCUT2D eigenvalue weighted by Gasteiger charge is -1.94. The number of benzene rings is 1. The predicted octanol–water partition coefficient (Wildman–Crippen LogP) is 2.45. The first kappa shape index (κ1) is 7.73. The van der Waals surface area contributed by atoms with E-state index in [9.17, 15) is 4.79 Å². The average Bonchev–Trinajstić information content (AvgIpc) is 2.07. The maximum absolute atomic E-state index is 11.2. The van der Waals surface area contributed by atoms with Crippen molar-refractivity contribution in [3.05, 3.63) is 48.6 Å². The zero-order valence-corrected chi connectivity index (χ0v) is 6.29. The number of ketones is 1. The second kappa shape index (κ2) is 3.71. The molecule has 1 nitrogen and oxygen atoms in total. The second-order valence-electron chi connectivity index (χ2n) is 2.28. The Hall–Kier alpha value is -1.37. The molecule has 0 spiro atoms. The molecule has 0 aliphatic rings. The van der Waals surface area contributed by atoms with Crippen molar-refractivity contribution >= 4 is 5.78 Å². The molecule has 0 unspecified atom stereocenters. The lowest BCUT2D eigenvalue weighted by atomic mass is 10.1. The summed E-state index contributed by atoms with van der Waals surface area (Å²) in [5.41, 5.74) is 0.757. The number of allylic oxidation sites excluding steroid dienone is 1. The Morgan fingerprint density at radius 2 is 2.00 bits per heavy atom. The van der Waals surface area contributed by atoms with Gasteiger partial charge in [-0.2, -0.15) is 0 Å². The Labute approximate surface area is 66.4 Å². The van der Waals surface area contributed by atoms with Crippen LogP contribution in [-0.2, 0) is 0 Å². The Morgan fingerprint density at radius 1 is 1.36 bits per heavy atom. The van der Waals surface area contributed by atoms with E-state index in [1.165, 1.54) is 0 Å². The summed E-state index contributed by atoms with van der Waals surface area (Å²) < 4.78 is 0. The maximum atomic E-state index is 11.2. The highest BCUT2D eigenvalue weighted by molar-refractivity contribution is 5.96. The molecular weight excluding hydrogens is 136 g/mol. The minimum Gasteiger partial charge on any atom is -0.294 e. The number of Topliss-reactive ketones (excluding diaryl/α,β-unsaturated/α-hetero) is 1. The Bertz CT molecular complexity index is 249. The zero-order valence-electron chi connectivity index (χ0n) is 6.29. The van der Waals surface area contributed by atoms with Crippen LogP contribution in [0, 0.1) is 0 Å². The SMILES string of the molecule is C=CCC(=O)c1ccccc1. The molecular formula is C10H10O. The van der Waals surface area contributed by atoms with Gasteiger partial charge in [0.1, 0.15) is 0 Å². The van der Waals surface area contributed by atoms with Gasteiger partial charge in [0.05, 0.1) is 0 Å². The molecule has 56 valence electrons. The molecule has 0 bridgehead atoms. The lowest BCUT2D eigenvalue weighted by molar-refractivity contribution is 0.0996. The minimum absolute atomic E-state index is 0.126. The summed E-state index contributed by atoms with van der Waals surface area (Å²) in [7, 11) is 0. The van der Waals surface area contributed by atoms with Gasteiger partial charge in [-0.1, -0.05) is 36.4 Å². The van der Waals surface area contributed by atoms with Gasteiger partial charge >= 0.3 is 0 Å². The van der Waals surface area contributed by atoms with Crippen LogP contribution in [0.25, 0.3) is 0 Å². The van der Waals surface area contributed by atoms with Crippen LogP contribution >= 0.6 is 0 Å². The first-order valence-corrected chi connectivity index (χ1v) is 3.53. The number of hydrogen-bond donors (Lipinski definition) is 0. The number of carbonyl (C=O) groups excluding carboxylic acids is 1. The fourth-order valence-corrected chi connectivity index (χ4v) is 0.873. The highest BCUT2D eigenvalue weighted by Crippen LogP contribution is 2.02. The second-order valence-corrected chi connectivity index (χ2v) is 2.28. The van der Waals surface area contributed by atoms with Gasteiger partial charge in [-0.15, -0.1) is 6.58 Å². The van der Waals surface area contributed by atoms with E-state index in [1.807, 2.05) is 30.3 Å². The average molecular weight is 146 g/mol. The van der Waals surface area contributed by atoms with E-state index in [0.29, 0.717) is 6.42 Å². The Balaban J connectivity index is 2.77. The van der Waals surface area contributed by atoms with Crippen molar-refractivity contribution in [3.8, 4) is 0 Å². The van der Waals surface area contributed by atoms with Gasteiger partial charge in [-0.25, -0.2) is 0 Å². The lowest BCUT2D eigenvalue weighted by Crippen LogP contribution is -1.95. The fraction of sp³-hybridized carbons (Fsp3) is 0.100. The summed E-state index contributed by atoms with van der Waals surface area (Å²) in [6.07, 6.45) is 2.04. The molecule has 0 radical (unpaired) electrons. The van der Waals surface area contributed by atoms with E-state index in [-0.39, 0.29) is 5.78 Å². The molecule has 11 heavy (non-hydrogen) atoms. The van der Waals surface area contributed by atoms with Crippen LogP contribution in [0.2, 0.25) is 0 Å². The third kappa shape index (κ3) is 2.04. The van der Waals surface area contributed by atoms with E-state index >= 15 is 0 Å². The largest absolute Gasteiger partial charge is 0.294 e. The third-order valence-electron chi connectivity index (χ3n) is 1.43. The topological polar surface area (TPSA) is 17.1 Å². The van der Waals surface area contributed by atoms with Crippen molar-refractivity contribution in [1.29, 1.82) is 0 Å². The van der Waals surface area contributed by atoms with Gasteiger partial charge in [-0.3, -0.25) is 4.79 Å². The normalized spacial score (nSPS) is 9.09. The molecule has 0 amide bonds. The van der Waals surface area contributed by atoms with Crippen LogP contribution in [0.4, 0.5) is 0 Å². The van der Waals surface area contributed by atoms with Crippen LogP contribution in [0.5, 0.6) is 0 Å². The van der Waals surface area contributed by atoms with Crippen molar-refractivity contribution in [1.82, 2.24) is 0 Å². The van der Waals surface area contributed by atoms with Crippen LogP contribution in [0.3, 0.4) is 0 Å². The monoisotopic (exact) mass is 146 g/mol. The van der Waals surface area contributed by atoms with Crippen LogP contribution in [0.1, 0.15) is 16.8 Å². The van der Waals surface area contributed by atoms with Crippen molar-refractivity contribution in [3.63, 3.8) is 0 Å². The highest BCUT2D eigenvalue weighted by Gasteiger charge is 1.99. The molecule has 1 aromatic carbocycles. The molecule has 0 heterocycles. The van der Waals surface area contributed by atoms with Gasteiger partial charge in [0.15, 0.2) is 5.78 Å². The number of rotatable bonds is 3. The molecule has 0 N–H and O–H groups in total. The van der Waals surface area contributed by atoms with Crippen molar-refractivity contribution in [2.75, 3.05) is 0 Å². The molecule has 0 saturated carbocycles. The van der Waals surface area contributed by atoms with Gasteiger partial charge in [0.2, 0.25) is 0 Å². The van der Waals surface area contributed by atoms with E-state index in [4.69, 9.17) is 0 Å². The molecule has 0 atom stereocenters. The van der Waals surface area contributed by atoms with E-state index in [1.54, 1.807) is 6.08 Å². The summed E-state index contributed by atoms with van der Waals surface area (Å²) in [5, 5.41) is 0. The summed E-state index contributed by atoms with van der Waals surface area (Å²) in [6, 6.07) is 9.23. The van der Waals surface area contributed by atoms with Crippen molar-refractivity contribution in [2.45, 2.75) is 6.42 Å². The van der Waals surface area contributed by atoms with Crippen LogP contribution in [0.15, 0.2) is 43.0 Å². The molecule has 1 rings (SSSR count). The standard InChI is InChI=1S/C10H10O/c1-2-6-10(11)9-7-4-3-5-8-9/h2-5,7-8H,1,6H2. The van der Waals surface area contributed by atoms with Crippen molar-refractivity contribution in [2.24, 2.45) is 0 Å². The van der Waals surface area contributed by atoms with Gasteiger partial charge in [0, 0.05) is 12.0 Å². The van der Waals surface area contributed by atoms with E-state index < -0.39 is 0 Å². The Kier molecular flexibility index (Phi) is 2.61. The first-order chi connectivity index (χ1) is 5.34. The Morgan fingerprint density at radius 3 is 2.55 bits per heavy atom. The predicted molar refractivity (Wildman–Crippen MR) is 45.6 cm³/mol. The van der Waals surface area contributed by atoms with E-state index in [2.05, 4.69) is 6.58 Å². The molecule has 0 aromatic heterocycles. The maximum Gasteiger partial charge on any atom is 0.166 e. The smallest absolute Gasteiger partial charge is 0.166 e. The van der Waals surface area contributed by atoms with Gasteiger partial charge < -0.3 is 0 Å². The third-order valence-corrected chi connectivity index (χ3v) is 1.43. The zero-order chi connectivity index (χ0) is 8.10. The van der Waals surface area contributed by atoms with Crippen LogP contribution < -0.4 is 0 Å². The first-order valence-electron chi connectivity index (χ1n) is 3.53. The quantitative estimate of drug-likeness (QED) is 0.473. The minimum atomic E-state index is 0.126. The number of carbonyl (C=O) groups is 1. The molecule has 0 fully saturated rings. The molecule has 1 aromatic rings. The van der Waals surface area contributed by atoms with Crippen LogP contribution in [-0.4, -0.2) is 5.78 Å². The summed E-state index contributed by atoms with van der Waals surface area (Å²) in [4.78, 5) is 11.2. The summed E-state index contributed by atoms with van der Waals surface area (Å²) >= 11 is 0. The molecule has 1 heteroatoms. The molecule has 0 aliphatic carbocycles. The summed E-state index contributed by atoms with van der Waals surface area (Å²) in [5.74, 6) is 0.126. The van der Waals surface area contributed by atoms with Crippen molar-refractivity contribution < 1.29 is 4.79 Å². The fourth-order valence-electron chi connectivity index (χ4n) is 0.873. The van der Waals surface area contributed by atoms with E-state index in [0.717, 1.165) is 5.56 Å². The summed E-state index contributed by atoms with van der Waals surface area (Å²) in [6.45, 7) is 3.51. The highest BCUT2D eigenvalue weighted by atomic mass is 16.1.